The predicted molar refractivity (Wildman–Crippen MR) is 163 cm³/mol. The Labute approximate surface area is 274 Å². The van der Waals surface area contributed by atoms with Crippen LogP contribution >= 0.6 is 23.2 Å². The maximum Gasteiger partial charge on any atom is 0.247 e. The van der Waals surface area contributed by atoms with Gasteiger partial charge >= 0.3 is 0 Å². The number of halogens is 2. The van der Waals surface area contributed by atoms with E-state index in [2.05, 4.69) is 5.32 Å². The number of amides is 1. The molecule has 2 saturated heterocycles. The molecule has 0 radical (unpaired) electrons. The summed E-state index contributed by atoms with van der Waals surface area (Å²) in [6.07, 6.45) is -7.91. The predicted octanol–water partition coefficient (Wildman–Crippen LogP) is 1.28. The van der Waals surface area contributed by atoms with Gasteiger partial charge in [0.25, 0.3) is 0 Å². The lowest BCUT2D eigenvalue weighted by Gasteiger charge is -2.41. The van der Waals surface area contributed by atoms with Crippen LogP contribution in [0.2, 0.25) is 10.0 Å². The van der Waals surface area contributed by atoms with Gasteiger partial charge < -0.3 is 59.6 Å². The molecule has 0 bridgehead atoms. The second kappa shape index (κ2) is 14.4. The van der Waals surface area contributed by atoms with E-state index < -0.39 is 67.1 Å². The number of hydrogen-bond acceptors (Lipinski definition) is 12. The Balaban J connectivity index is 1.18. The van der Waals surface area contributed by atoms with E-state index in [0.717, 1.165) is 0 Å². The number of aliphatic hydroxyl groups is 5. The van der Waals surface area contributed by atoms with Gasteiger partial charge in [-0.15, -0.1) is 0 Å². The molecule has 250 valence electrons. The first-order valence-corrected chi connectivity index (χ1v) is 15.1. The van der Waals surface area contributed by atoms with E-state index in [1.807, 2.05) is 0 Å². The molecule has 3 fully saturated rings. The van der Waals surface area contributed by atoms with Crippen LogP contribution in [-0.4, -0.2) is 111 Å². The highest BCUT2D eigenvalue weighted by atomic mass is 35.5. The first-order chi connectivity index (χ1) is 21.8. The fourth-order valence-electron chi connectivity index (χ4n) is 5.48. The first-order valence-electron chi connectivity index (χ1n) is 14.4. The zero-order valence-electron chi connectivity index (χ0n) is 24.7. The molecule has 2 aromatic rings. The van der Waals surface area contributed by atoms with Gasteiger partial charge in [0.15, 0.2) is 11.5 Å². The molecule has 3 aliphatic rings. The van der Waals surface area contributed by atoms with E-state index in [0.29, 0.717) is 26.9 Å². The molecule has 2 heterocycles. The number of phenolic OH excluding ortho intramolecular Hbond substituents is 1. The number of benzene rings is 2. The van der Waals surface area contributed by atoms with E-state index >= 15 is 0 Å². The molecular formula is C31H35Cl2NO12. The lowest BCUT2D eigenvalue weighted by molar-refractivity contribution is -0.155. The molecule has 5 rings (SSSR count). The summed E-state index contributed by atoms with van der Waals surface area (Å²) in [6.45, 7) is 3.13. The number of rotatable bonds is 9. The van der Waals surface area contributed by atoms with Crippen LogP contribution in [0, 0.1) is 0 Å². The van der Waals surface area contributed by atoms with Crippen molar-refractivity contribution in [2.45, 2.75) is 75.0 Å². The van der Waals surface area contributed by atoms with E-state index in [-0.39, 0.29) is 30.5 Å². The highest BCUT2D eigenvalue weighted by Crippen LogP contribution is 2.34. The van der Waals surface area contributed by atoms with Gasteiger partial charge in [0, 0.05) is 10.6 Å². The first kappa shape index (κ1) is 34.4. The number of nitrogens with one attached hydrogen (secondary N) is 1. The van der Waals surface area contributed by atoms with Crippen molar-refractivity contribution >= 4 is 35.2 Å². The molecule has 7 N–H and O–H groups in total. The van der Waals surface area contributed by atoms with Crippen molar-refractivity contribution in [2.24, 2.45) is 0 Å². The average molecular weight is 685 g/mol. The van der Waals surface area contributed by atoms with Gasteiger partial charge in [-0.3, -0.25) is 4.79 Å². The summed E-state index contributed by atoms with van der Waals surface area (Å²) in [6, 6.07) is 7.84. The maximum atomic E-state index is 12.9. The summed E-state index contributed by atoms with van der Waals surface area (Å²) in [7, 11) is 0. The number of carbonyl (C=O) groups excluding carboxylic acids is 1. The van der Waals surface area contributed by atoms with E-state index in [1.54, 1.807) is 31.2 Å². The Morgan fingerprint density at radius 1 is 0.935 bits per heavy atom. The van der Waals surface area contributed by atoms with Crippen LogP contribution in [0.1, 0.15) is 19.4 Å². The van der Waals surface area contributed by atoms with Crippen LogP contribution in [-0.2, 0) is 19.0 Å². The minimum atomic E-state index is -1.50. The quantitative estimate of drug-likeness (QED) is 0.148. The van der Waals surface area contributed by atoms with Crippen molar-refractivity contribution in [1.82, 2.24) is 5.32 Å². The summed E-state index contributed by atoms with van der Waals surface area (Å²) >= 11 is 12.0. The van der Waals surface area contributed by atoms with Crippen LogP contribution < -0.4 is 14.8 Å². The summed E-state index contributed by atoms with van der Waals surface area (Å²) in [4.78, 5) is 12.9. The molecule has 46 heavy (non-hydrogen) atoms. The third kappa shape index (κ3) is 7.29. The summed E-state index contributed by atoms with van der Waals surface area (Å²) in [5, 5.41) is 66.5. The van der Waals surface area contributed by atoms with Crippen LogP contribution in [0.5, 0.6) is 17.2 Å². The van der Waals surface area contributed by atoms with Crippen molar-refractivity contribution in [3.8, 4) is 17.2 Å². The second-order valence-corrected chi connectivity index (χ2v) is 12.1. The third-order valence-corrected chi connectivity index (χ3v) is 8.61. The molecule has 1 saturated carbocycles. The fourth-order valence-corrected chi connectivity index (χ4v) is 5.94. The number of carbonyl (C=O) groups is 1. The van der Waals surface area contributed by atoms with Gasteiger partial charge in [0.2, 0.25) is 12.2 Å². The Hall–Kier alpha value is -2.95. The number of fused-ring (bicyclic) bond motifs is 1. The highest BCUT2D eigenvalue weighted by molar-refractivity contribution is 6.35. The SMILES string of the molecule is C/C(=C/COc1ccc(Cl)cc1Cl)[C@H]1O[C@@H](Oc2ccc(/C=C(\C)C(=O)N[C@@H]3[C@H](O)[C@@H](O)[C@H]4OCO[C@H]4[C@@H]3O)cc2O)[C@@H](O)[C@@H]1O. The van der Waals surface area contributed by atoms with E-state index in [4.69, 9.17) is 46.9 Å². The third-order valence-electron chi connectivity index (χ3n) is 8.08. The van der Waals surface area contributed by atoms with Gasteiger partial charge in [-0.1, -0.05) is 29.3 Å². The topological polar surface area (TPSA) is 197 Å². The lowest BCUT2D eigenvalue weighted by Crippen LogP contribution is -2.67. The van der Waals surface area contributed by atoms with E-state index in [1.165, 1.54) is 31.2 Å². The summed E-state index contributed by atoms with van der Waals surface area (Å²) in [5.41, 5.74) is 1.13. The molecule has 0 unspecified atom stereocenters. The monoisotopic (exact) mass is 683 g/mol. The average Bonchev–Trinajstić information content (AvgIpc) is 3.62. The molecule has 15 heteroatoms. The number of aliphatic hydroxyl groups excluding tert-OH is 5. The number of aromatic hydroxyl groups is 1. The van der Waals surface area contributed by atoms with Crippen molar-refractivity contribution < 1.29 is 59.1 Å². The van der Waals surface area contributed by atoms with Gasteiger partial charge in [0.1, 0.15) is 68.0 Å². The highest BCUT2D eigenvalue weighted by Gasteiger charge is 2.53. The molecule has 1 amide bonds. The number of hydrogen-bond donors (Lipinski definition) is 7. The minimum absolute atomic E-state index is 0.0470. The molecule has 13 nitrogen and oxygen atoms in total. The van der Waals surface area contributed by atoms with Crippen molar-refractivity contribution in [1.29, 1.82) is 0 Å². The number of phenols is 1. The fraction of sp³-hybridized carbons (Fsp3) is 0.452. The smallest absolute Gasteiger partial charge is 0.247 e. The maximum absolute atomic E-state index is 12.9. The Morgan fingerprint density at radius 2 is 1.63 bits per heavy atom. The van der Waals surface area contributed by atoms with Gasteiger partial charge in [-0.2, -0.15) is 0 Å². The van der Waals surface area contributed by atoms with Gasteiger partial charge in [-0.25, -0.2) is 0 Å². The van der Waals surface area contributed by atoms with Crippen molar-refractivity contribution in [2.75, 3.05) is 13.4 Å². The molecular weight excluding hydrogens is 649 g/mol. The molecule has 2 aromatic carbocycles. The summed E-state index contributed by atoms with van der Waals surface area (Å²) in [5.74, 6) is -0.598. The Morgan fingerprint density at radius 3 is 2.33 bits per heavy atom. The number of ether oxygens (including phenoxy) is 5. The van der Waals surface area contributed by atoms with Crippen molar-refractivity contribution in [3.63, 3.8) is 0 Å². The van der Waals surface area contributed by atoms with Gasteiger partial charge in [-0.05, 0) is 67.5 Å². The summed E-state index contributed by atoms with van der Waals surface area (Å²) < 4.78 is 27.6. The molecule has 1 aliphatic carbocycles. The van der Waals surface area contributed by atoms with Crippen LogP contribution in [0.3, 0.4) is 0 Å². The standard InChI is InChI=1S/C31H35Cl2NO12/c1-13(7-8-42-19-6-4-16(32)11-17(19)33)27-25(39)26(40)31(46-27)45-20-5-3-15(10-18(20)35)9-14(2)30(41)34-21-22(36)24(38)29-28(23(21)37)43-12-44-29/h3-7,9-11,21-29,31,35-40H,8,12H2,1-2H3,(H,34,41)/b13-7-,14-9+/t21-,22+,23-,24-,25+,26+,27-,28+,29-,31-/m1/s1. The minimum Gasteiger partial charge on any atom is -0.504 e. The van der Waals surface area contributed by atoms with Crippen molar-refractivity contribution in [3.05, 3.63) is 69.2 Å². The van der Waals surface area contributed by atoms with Crippen LogP contribution in [0.25, 0.3) is 6.08 Å². The normalized spacial score (nSPS) is 33.1. The molecule has 0 aromatic heterocycles. The lowest BCUT2D eigenvalue weighted by atomic mass is 9.83. The van der Waals surface area contributed by atoms with Crippen LogP contribution in [0.4, 0.5) is 0 Å². The largest absolute Gasteiger partial charge is 0.504 e. The van der Waals surface area contributed by atoms with Crippen LogP contribution in [0.15, 0.2) is 53.6 Å². The van der Waals surface area contributed by atoms with Gasteiger partial charge in [0.05, 0.1) is 11.1 Å². The zero-order chi connectivity index (χ0) is 33.3. The molecule has 10 atom stereocenters. The molecule has 0 spiro atoms. The van der Waals surface area contributed by atoms with E-state index in [9.17, 15) is 35.4 Å². The Kier molecular flexibility index (Phi) is 10.8. The molecule has 2 aliphatic heterocycles. The second-order valence-electron chi connectivity index (χ2n) is 11.3. The zero-order valence-corrected chi connectivity index (χ0v) is 26.2. The Bertz CT molecular complexity index is 1490.